The van der Waals surface area contributed by atoms with Crippen molar-refractivity contribution in [1.82, 2.24) is 10.2 Å². The number of nitrogens with one attached hydrogen (secondary N) is 1. The third-order valence-corrected chi connectivity index (χ3v) is 4.26. The number of nitrogens with zero attached hydrogens (tertiary/aromatic N) is 1. The number of hydrogen-bond donors (Lipinski definition) is 1. The molecule has 1 aliphatic rings. The van der Waals surface area contributed by atoms with Crippen LogP contribution in [0.15, 0.2) is 24.3 Å². The summed E-state index contributed by atoms with van der Waals surface area (Å²) in [6, 6.07) is 7.34. The summed E-state index contributed by atoms with van der Waals surface area (Å²) >= 11 is 0. The van der Waals surface area contributed by atoms with Crippen LogP contribution >= 0.6 is 0 Å². The molecule has 2 atom stereocenters. The maximum Gasteiger partial charge on any atom is 0.123 e. The van der Waals surface area contributed by atoms with Gasteiger partial charge in [-0.1, -0.05) is 31.9 Å². The number of rotatable bonds is 7. The molecule has 1 aliphatic heterocycles. The van der Waals surface area contributed by atoms with Gasteiger partial charge in [-0.2, -0.15) is 0 Å². The minimum absolute atomic E-state index is 0.152. The highest BCUT2D eigenvalue weighted by atomic mass is 19.1. The Morgan fingerprint density at radius 1 is 1.35 bits per heavy atom. The van der Waals surface area contributed by atoms with E-state index in [9.17, 15) is 4.39 Å². The molecular formula is C17H27FN2. The van der Waals surface area contributed by atoms with Crippen LogP contribution in [0.25, 0.3) is 0 Å². The summed E-state index contributed by atoms with van der Waals surface area (Å²) in [6.07, 6.45) is 4.82. The lowest BCUT2D eigenvalue weighted by molar-refractivity contribution is 0.373. The molecule has 2 unspecified atom stereocenters. The molecule has 0 spiro atoms. The smallest absolute Gasteiger partial charge is 0.123 e. The van der Waals surface area contributed by atoms with Crippen LogP contribution in [0.4, 0.5) is 4.39 Å². The summed E-state index contributed by atoms with van der Waals surface area (Å²) in [5.74, 6) is 0.602. The van der Waals surface area contributed by atoms with Gasteiger partial charge in [0, 0.05) is 12.6 Å². The molecule has 1 heterocycles. The van der Waals surface area contributed by atoms with Crippen LogP contribution < -0.4 is 5.32 Å². The summed E-state index contributed by atoms with van der Waals surface area (Å²) in [4.78, 5) is 2.39. The highest BCUT2D eigenvalue weighted by Crippen LogP contribution is 2.21. The van der Waals surface area contributed by atoms with Crippen LogP contribution in [0.3, 0.4) is 0 Å². The fourth-order valence-corrected chi connectivity index (χ4v) is 2.99. The molecule has 0 radical (unpaired) electrons. The molecule has 0 aliphatic carbocycles. The van der Waals surface area contributed by atoms with Gasteiger partial charge in [0.05, 0.1) is 0 Å². The molecule has 2 nitrogen and oxygen atoms in total. The quantitative estimate of drug-likeness (QED) is 0.820. The second-order valence-corrected chi connectivity index (χ2v) is 6.07. The first kappa shape index (κ1) is 15.5. The minimum atomic E-state index is -0.152. The Morgan fingerprint density at radius 2 is 2.10 bits per heavy atom. The SMILES string of the molecule is CCCCC(NCC1CCN(C)C1)c1ccc(F)cc1. The van der Waals surface area contributed by atoms with Crippen LogP contribution in [-0.2, 0) is 0 Å². The molecule has 20 heavy (non-hydrogen) atoms. The van der Waals surface area contributed by atoms with Crippen molar-refractivity contribution in [3.8, 4) is 0 Å². The largest absolute Gasteiger partial charge is 0.310 e. The zero-order chi connectivity index (χ0) is 14.4. The summed E-state index contributed by atoms with van der Waals surface area (Å²) in [6.45, 7) is 5.68. The monoisotopic (exact) mass is 278 g/mol. The van der Waals surface area contributed by atoms with Crippen LogP contribution in [-0.4, -0.2) is 31.6 Å². The average Bonchev–Trinajstić information content (AvgIpc) is 2.86. The second kappa shape index (κ2) is 7.75. The predicted octanol–water partition coefficient (Wildman–Crippen LogP) is 3.60. The van der Waals surface area contributed by atoms with E-state index >= 15 is 0 Å². The Bertz CT molecular complexity index is 390. The number of benzene rings is 1. The summed E-state index contributed by atoms with van der Waals surface area (Å²) in [5, 5.41) is 3.70. The van der Waals surface area contributed by atoms with E-state index in [4.69, 9.17) is 0 Å². The van der Waals surface area contributed by atoms with Crippen LogP contribution in [0.2, 0.25) is 0 Å². The third-order valence-electron chi connectivity index (χ3n) is 4.26. The molecule has 1 fully saturated rings. The predicted molar refractivity (Wildman–Crippen MR) is 82.3 cm³/mol. The lowest BCUT2D eigenvalue weighted by Crippen LogP contribution is -2.29. The topological polar surface area (TPSA) is 15.3 Å². The Kier molecular flexibility index (Phi) is 5.99. The number of halogens is 1. The molecule has 0 saturated carbocycles. The normalized spacial score (nSPS) is 21.2. The molecule has 3 heteroatoms. The highest BCUT2D eigenvalue weighted by Gasteiger charge is 2.20. The number of unbranched alkanes of at least 4 members (excludes halogenated alkanes) is 1. The molecule has 1 saturated heterocycles. The van der Waals surface area contributed by atoms with Gasteiger partial charge in [-0.3, -0.25) is 0 Å². The maximum absolute atomic E-state index is 13.1. The second-order valence-electron chi connectivity index (χ2n) is 6.07. The lowest BCUT2D eigenvalue weighted by Gasteiger charge is -2.21. The fraction of sp³-hybridized carbons (Fsp3) is 0.647. The molecule has 1 aromatic rings. The first-order valence-corrected chi connectivity index (χ1v) is 7.86. The molecule has 2 rings (SSSR count). The third kappa shape index (κ3) is 4.57. The lowest BCUT2D eigenvalue weighted by atomic mass is 10.00. The van der Waals surface area contributed by atoms with E-state index < -0.39 is 0 Å². The van der Waals surface area contributed by atoms with E-state index in [1.165, 1.54) is 37.9 Å². The van der Waals surface area contributed by atoms with Crippen molar-refractivity contribution in [3.05, 3.63) is 35.6 Å². The van der Waals surface area contributed by atoms with E-state index in [1.807, 2.05) is 12.1 Å². The van der Waals surface area contributed by atoms with Gasteiger partial charge < -0.3 is 10.2 Å². The standard InChI is InChI=1S/C17H27FN2/c1-3-4-5-17(15-6-8-16(18)9-7-15)19-12-14-10-11-20(2)13-14/h6-9,14,17,19H,3-5,10-13H2,1-2H3. The zero-order valence-corrected chi connectivity index (χ0v) is 12.7. The molecule has 1 aromatic carbocycles. The molecule has 0 amide bonds. The van der Waals surface area contributed by atoms with Crippen LogP contribution in [0.5, 0.6) is 0 Å². The van der Waals surface area contributed by atoms with Crippen LogP contribution in [0.1, 0.15) is 44.2 Å². The van der Waals surface area contributed by atoms with Crippen molar-refractivity contribution in [3.63, 3.8) is 0 Å². The Balaban J connectivity index is 1.91. The van der Waals surface area contributed by atoms with E-state index in [2.05, 4.69) is 24.2 Å². The van der Waals surface area contributed by atoms with Crippen molar-refractivity contribution >= 4 is 0 Å². The van der Waals surface area contributed by atoms with Crippen molar-refractivity contribution in [2.24, 2.45) is 5.92 Å². The first-order chi connectivity index (χ1) is 9.69. The molecule has 0 bridgehead atoms. The highest BCUT2D eigenvalue weighted by molar-refractivity contribution is 5.19. The van der Waals surface area contributed by atoms with Crippen molar-refractivity contribution in [1.29, 1.82) is 0 Å². The molecule has 1 N–H and O–H groups in total. The Hall–Kier alpha value is -0.930. The zero-order valence-electron chi connectivity index (χ0n) is 12.7. The van der Waals surface area contributed by atoms with Crippen molar-refractivity contribution in [2.75, 3.05) is 26.7 Å². The van der Waals surface area contributed by atoms with E-state index in [-0.39, 0.29) is 5.82 Å². The molecule has 112 valence electrons. The van der Waals surface area contributed by atoms with Gasteiger partial charge in [-0.05, 0) is 56.6 Å². The van der Waals surface area contributed by atoms with Gasteiger partial charge in [-0.15, -0.1) is 0 Å². The van der Waals surface area contributed by atoms with Crippen molar-refractivity contribution in [2.45, 2.75) is 38.6 Å². The summed E-state index contributed by atoms with van der Waals surface area (Å²) in [5.41, 5.74) is 1.21. The Labute approximate surface area is 122 Å². The maximum atomic E-state index is 13.1. The summed E-state index contributed by atoms with van der Waals surface area (Å²) in [7, 11) is 2.19. The number of hydrogen-bond acceptors (Lipinski definition) is 2. The van der Waals surface area contributed by atoms with Crippen LogP contribution in [0, 0.1) is 11.7 Å². The Morgan fingerprint density at radius 3 is 2.70 bits per heavy atom. The van der Waals surface area contributed by atoms with E-state index in [1.54, 1.807) is 12.1 Å². The van der Waals surface area contributed by atoms with Gasteiger partial charge >= 0.3 is 0 Å². The van der Waals surface area contributed by atoms with E-state index in [0.29, 0.717) is 6.04 Å². The fourth-order valence-electron chi connectivity index (χ4n) is 2.99. The van der Waals surface area contributed by atoms with Gasteiger partial charge in [0.15, 0.2) is 0 Å². The average molecular weight is 278 g/mol. The minimum Gasteiger partial charge on any atom is -0.310 e. The molecular weight excluding hydrogens is 251 g/mol. The van der Waals surface area contributed by atoms with Crippen molar-refractivity contribution < 1.29 is 4.39 Å². The van der Waals surface area contributed by atoms with Gasteiger partial charge in [0.2, 0.25) is 0 Å². The number of likely N-dealkylation sites (tertiary alicyclic amines) is 1. The van der Waals surface area contributed by atoms with E-state index in [0.717, 1.165) is 18.9 Å². The summed E-state index contributed by atoms with van der Waals surface area (Å²) < 4.78 is 13.1. The van der Waals surface area contributed by atoms with Gasteiger partial charge in [-0.25, -0.2) is 4.39 Å². The van der Waals surface area contributed by atoms with Gasteiger partial charge in [0.25, 0.3) is 0 Å². The molecule has 0 aromatic heterocycles. The van der Waals surface area contributed by atoms with Gasteiger partial charge in [0.1, 0.15) is 5.82 Å². The first-order valence-electron chi connectivity index (χ1n) is 7.86.